The van der Waals surface area contributed by atoms with Crippen LogP contribution < -0.4 is 10.2 Å². The summed E-state index contributed by atoms with van der Waals surface area (Å²) >= 11 is 0. The van der Waals surface area contributed by atoms with Gasteiger partial charge in [0.15, 0.2) is 5.96 Å². The molecule has 0 unspecified atom stereocenters. The molecule has 0 bridgehead atoms. The van der Waals surface area contributed by atoms with Crippen LogP contribution in [0.1, 0.15) is 24.0 Å². The Hall–Kier alpha value is -1.83. The third-order valence-electron chi connectivity index (χ3n) is 4.53. The molecule has 0 radical (unpaired) electrons. The normalized spacial score (nSPS) is 14.1. The fraction of sp³-hybridized carbons (Fsp3) is 0.400. The molecular formula is C20H28IN5. The zero-order valence-electron chi connectivity index (χ0n) is 15.6. The molecule has 26 heavy (non-hydrogen) atoms. The van der Waals surface area contributed by atoms with Crippen molar-refractivity contribution in [3.05, 3.63) is 59.8 Å². The summed E-state index contributed by atoms with van der Waals surface area (Å²) in [4.78, 5) is 13.5. The van der Waals surface area contributed by atoms with E-state index >= 15 is 0 Å². The van der Waals surface area contributed by atoms with Crippen molar-refractivity contribution in [2.45, 2.75) is 25.9 Å². The second kappa shape index (κ2) is 10.4. The number of anilines is 1. The maximum atomic E-state index is 4.61. The van der Waals surface area contributed by atoms with Gasteiger partial charge in [-0.1, -0.05) is 36.4 Å². The minimum Gasteiger partial charge on any atom is -0.357 e. The Labute approximate surface area is 173 Å². The lowest BCUT2D eigenvalue weighted by atomic mass is 10.2. The van der Waals surface area contributed by atoms with Crippen molar-refractivity contribution in [1.29, 1.82) is 0 Å². The summed E-state index contributed by atoms with van der Waals surface area (Å²) in [5.74, 6) is 1.97. The van der Waals surface area contributed by atoms with E-state index in [2.05, 4.69) is 68.5 Å². The monoisotopic (exact) mass is 465 g/mol. The fourth-order valence-electron chi connectivity index (χ4n) is 3.15. The van der Waals surface area contributed by atoms with E-state index in [9.17, 15) is 0 Å². The number of aliphatic imine (C=N–C) groups is 1. The minimum absolute atomic E-state index is 0. The second-order valence-electron chi connectivity index (χ2n) is 6.46. The highest BCUT2D eigenvalue weighted by Crippen LogP contribution is 2.17. The largest absolute Gasteiger partial charge is 0.357 e. The van der Waals surface area contributed by atoms with Crippen molar-refractivity contribution in [2.75, 3.05) is 32.1 Å². The van der Waals surface area contributed by atoms with E-state index in [1.807, 2.05) is 19.3 Å². The van der Waals surface area contributed by atoms with Gasteiger partial charge in [0.25, 0.3) is 0 Å². The Bertz CT molecular complexity index is 681. The first kappa shape index (κ1) is 20.5. The van der Waals surface area contributed by atoms with Gasteiger partial charge in [-0.15, -0.1) is 24.0 Å². The molecule has 0 amide bonds. The molecule has 5 nitrogen and oxygen atoms in total. The first-order valence-corrected chi connectivity index (χ1v) is 8.92. The first-order valence-electron chi connectivity index (χ1n) is 8.92. The maximum absolute atomic E-state index is 4.61. The summed E-state index contributed by atoms with van der Waals surface area (Å²) in [6.45, 7) is 3.80. The number of pyridine rings is 1. The zero-order chi connectivity index (χ0) is 17.5. The first-order chi connectivity index (χ1) is 12.3. The lowest BCUT2D eigenvalue weighted by molar-refractivity contribution is 0.476. The highest BCUT2D eigenvalue weighted by atomic mass is 127. The SMILES string of the molecule is CN=C(NCc1ccc(N2CCCC2)nc1)N(C)Cc1ccccc1.I. The van der Waals surface area contributed by atoms with Gasteiger partial charge in [0.2, 0.25) is 0 Å². The molecule has 6 heteroatoms. The minimum atomic E-state index is 0. The molecule has 0 saturated carbocycles. The average molecular weight is 465 g/mol. The van der Waals surface area contributed by atoms with Crippen molar-refractivity contribution >= 4 is 35.8 Å². The smallest absolute Gasteiger partial charge is 0.193 e. The lowest BCUT2D eigenvalue weighted by Crippen LogP contribution is -2.38. The summed E-state index contributed by atoms with van der Waals surface area (Å²) in [6.07, 6.45) is 4.51. The number of rotatable bonds is 5. The van der Waals surface area contributed by atoms with Crippen molar-refractivity contribution in [1.82, 2.24) is 15.2 Å². The third-order valence-corrected chi connectivity index (χ3v) is 4.53. The van der Waals surface area contributed by atoms with Crippen LogP contribution in [0.4, 0.5) is 5.82 Å². The van der Waals surface area contributed by atoms with Crippen LogP contribution in [0.25, 0.3) is 0 Å². The van der Waals surface area contributed by atoms with E-state index in [4.69, 9.17) is 0 Å². The van der Waals surface area contributed by atoms with Gasteiger partial charge < -0.3 is 15.1 Å². The summed E-state index contributed by atoms with van der Waals surface area (Å²) < 4.78 is 0. The predicted octanol–water partition coefficient (Wildman–Crippen LogP) is 3.51. The van der Waals surface area contributed by atoms with E-state index in [0.717, 1.165) is 43.5 Å². The van der Waals surface area contributed by atoms with Crippen LogP contribution in [0.3, 0.4) is 0 Å². The molecule has 3 rings (SSSR count). The maximum Gasteiger partial charge on any atom is 0.193 e. The Morgan fingerprint density at radius 2 is 1.85 bits per heavy atom. The molecule has 1 aromatic heterocycles. The Balaban J connectivity index is 0.00000243. The fourth-order valence-corrected chi connectivity index (χ4v) is 3.15. The van der Waals surface area contributed by atoms with Crippen LogP contribution in [0.5, 0.6) is 0 Å². The molecule has 1 aliphatic heterocycles. The van der Waals surface area contributed by atoms with Crippen molar-refractivity contribution in [2.24, 2.45) is 4.99 Å². The molecule has 140 valence electrons. The van der Waals surface area contributed by atoms with E-state index < -0.39 is 0 Å². The van der Waals surface area contributed by atoms with Crippen LogP contribution >= 0.6 is 24.0 Å². The number of nitrogens with one attached hydrogen (secondary N) is 1. The van der Waals surface area contributed by atoms with Gasteiger partial charge in [-0.25, -0.2) is 4.98 Å². The molecule has 1 aromatic carbocycles. The van der Waals surface area contributed by atoms with Crippen LogP contribution in [-0.4, -0.2) is 43.0 Å². The Kier molecular flexibility index (Phi) is 8.15. The number of aromatic nitrogens is 1. The molecule has 2 heterocycles. The van der Waals surface area contributed by atoms with Crippen LogP contribution in [0.15, 0.2) is 53.7 Å². The number of nitrogens with zero attached hydrogens (tertiary/aromatic N) is 4. The standard InChI is InChI=1S/C20H27N5.HI/c1-21-20(24(2)16-17-8-4-3-5-9-17)23-15-18-10-11-19(22-14-18)25-12-6-7-13-25;/h3-5,8-11,14H,6-7,12-13,15-16H2,1-2H3,(H,21,23);1H. The summed E-state index contributed by atoms with van der Waals surface area (Å²) in [5, 5.41) is 3.42. The Morgan fingerprint density at radius 3 is 2.46 bits per heavy atom. The predicted molar refractivity (Wildman–Crippen MR) is 119 cm³/mol. The summed E-state index contributed by atoms with van der Waals surface area (Å²) in [7, 11) is 3.87. The van der Waals surface area contributed by atoms with E-state index in [1.165, 1.54) is 18.4 Å². The quantitative estimate of drug-likeness (QED) is 0.417. The molecule has 1 saturated heterocycles. The number of hydrogen-bond acceptors (Lipinski definition) is 3. The van der Waals surface area contributed by atoms with Gasteiger partial charge in [-0.3, -0.25) is 4.99 Å². The van der Waals surface area contributed by atoms with Gasteiger partial charge in [0.05, 0.1) is 0 Å². The third kappa shape index (κ3) is 5.59. The van der Waals surface area contributed by atoms with Gasteiger partial charge >= 0.3 is 0 Å². The van der Waals surface area contributed by atoms with Crippen molar-refractivity contribution in [3.8, 4) is 0 Å². The number of guanidine groups is 1. The van der Waals surface area contributed by atoms with Crippen LogP contribution in [-0.2, 0) is 13.1 Å². The van der Waals surface area contributed by atoms with Gasteiger partial charge in [0.1, 0.15) is 5.82 Å². The number of halogens is 1. The number of benzene rings is 1. The summed E-state index contributed by atoms with van der Waals surface area (Å²) in [6, 6.07) is 14.7. The van der Waals surface area contributed by atoms with Crippen LogP contribution in [0, 0.1) is 0 Å². The van der Waals surface area contributed by atoms with Crippen LogP contribution in [0.2, 0.25) is 0 Å². The van der Waals surface area contributed by atoms with E-state index in [0.29, 0.717) is 0 Å². The molecule has 0 spiro atoms. The second-order valence-corrected chi connectivity index (χ2v) is 6.46. The molecule has 1 aliphatic rings. The molecule has 1 fully saturated rings. The molecular weight excluding hydrogens is 437 g/mol. The topological polar surface area (TPSA) is 43.8 Å². The van der Waals surface area contributed by atoms with Gasteiger partial charge in [0, 0.05) is 46.5 Å². The van der Waals surface area contributed by atoms with Gasteiger partial charge in [-0.2, -0.15) is 0 Å². The highest BCUT2D eigenvalue weighted by Gasteiger charge is 2.13. The van der Waals surface area contributed by atoms with Gasteiger partial charge in [-0.05, 0) is 30.0 Å². The van der Waals surface area contributed by atoms with E-state index in [1.54, 1.807) is 0 Å². The van der Waals surface area contributed by atoms with Crippen molar-refractivity contribution in [3.63, 3.8) is 0 Å². The summed E-state index contributed by atoms with van der Waals surface area (Å²) in [5.41, 5.74) is 2.43. The molecule has 0 aliphatic carbocycles. The highest BCUT2D eigenvalue weighted by molar-refractivity contribution is 14.0. The van der Waals surface area contributed by atoms with Crippen molar-refractivity contribution < 1.29 is 0 Å². The number of hydrogen-bond donors (Lipinski definition) is 1. The Morgan fingerprint density at radius 1 is 1.12 bits per heavy atom. The van der Waals surface area contributed by atoms with E-state index in [-0.39, 0.29) is 24.0 Å². The molecule has 1 N–H and O–H groups in total. The zero-order valence-corrected chi connectivity index (χ0v) is 17.9. The average Bonchev–Trinajstić information content (AvgIpc) is 3.18. The lowest BCUT2D eigenvalue weighted by Gasteiger charge is -2.22. The molecule has 2 aromatic rings. The molecule has 0 atom stereocenters.